The molecule has 2 heteroatoms. The molecule has 0 aromatic rings. The summed E-state index contributed by atoms with van der Waals surface area (Å²) in [6.45, 7) is 2.00. The van der Waals surface area contributed by atoms with Crippen LogP contribution in [-0.2, 0) is 4.74 Å². The van der Waals surface area contributed by atoms with Crippen molar-refractivity contribution >= 4 is 23.1 Å². The predicted molar refractivity (Wildman–Crippen MR) is 28.6 cm³/mol. The zero-order valence-corrected chi connectivity index (χ0v) is 3.24. The van der Waals surface area contributed by atoms with E-state index in [-0.39, 0.29) is 23.1 Å². The van der Waals surface area contributed by atoms with Crippen molar-refractivity contribution in [2.75, 3.05) is 13.2 Å². The fraction of sp³-hybridized carbons (Fsp3) is 1.00. The van der Waals surface area contributed by atoms with Crippen molar-refractivity contribution in [1.82, 2.24) is 0 Å². The molecule has 0 N–H and O–H groups in total. The van der Waals surface area contributed by atoms with Crippen molar-refractivity contribution in [3.63, 3.8) is 0 Å². The summed E-state index contributed by atoms with van der Waals surface area (Å²) in [6, 6.07) is 0. The second-order valence-electron chi connectivity index (χ2n) is 1.32. The summed E-state index contributed by atoms with van der Waals surface area (Å²) in [4.78, 5) is 0. The van der Waals surface area contributed by atoms with Crippen LogP contribution >= 0.6 is 0 Å². The average Bonchev–Trinajstić information content (AvgIpc) is 1.76. The van der Waals surface area contributed by atoms with E-state index in [9.17, 15) is 0 Å². The minimum atomic E-state index is 0. The van der Waals surface area contributed by atoms with E-state index < -0.39 is 0 Å². The van der Waals surface area contributed by atoms with Crippen LogP contribution in [0.15, 0.2) is 0 Å². The van der Waals surface area contributed by atoms with E-state index in [1.54, 1.807) is 0 Å². The molecule has 0 aromatic heterocycles. The predicted octanol–water partition coefficient (Wildman–Crippen LogP) is -0.119. The molecule has 0 amide bonds. The third-order valence-corrected chi connectivity index (χ3v) is 0.827. The Morgan fingerprint density at radius 1 is 1.00 bits per heavy atom. The van der Waals surface area contributed by atoms with Gasteiger partial charge in [-0.15, -0.1) is 0 Å². The lowest BCUT2D eigenvalue weighted by Gasteiger charge is -1.76. The van der Waals surface area contributed by atoms with Crippen molar-refractivity contribution < 1.29 is 4.74 Å². The summed E-state index contributed by atoms with van der Waals surface area (Å²) in [6.07, 6.45) is 2.56. The molecule has 0 bridgehead atoms. The van der Waals surface area contributed by atoms with Gasteiger partial charge in [-0.1, -0.05) is 0 Å². The molecule has 34 valence electrons. The smallest absolute Gasteiger partial charge is 0.316 e. The third kappa shape index (κ3) is 2.00. The van der Waals surface area contributed by atoms with Crippen molar-refractivity contribution in [1.29, 1.82) is 0 Å². The van der Waals surface area contributed by atoms with Gasteiger partial charge in [0.1, 0.15) is 0 Å². The van der Waals surface area contributed by atoms with E-state index in [1.165, 1.54) is 12.8 Å². The quantitative estimate of drug-likeness (QED) is 0.384. The van der Waals surface area contributed by atoms with E-state index in [4.69, 9.17) is 4.74 Å². The maximum atomic E-state index is 4.94. The third-order valence-electron chi connectivity index (χ3n) is 0.827. The summed E-state index contributed by atoms with van der Waals surface area (Å²) in [5.74, 6) is 0. The van der Waals surface area contributed by atoms with Crippen molar-refractivity contribution in [3.8, 4) is 0 Å². The van der Waals surface area contributed by atoms with Crippen molar-refractivity contribution in [2.45, 2.75) is 12.8 Å². The van der Waals surface area contributed by atoms with Gasteiger partial charge >= 0.3 is 23.1 Å². The first-order valence-electron chi connectivity index (χ1n) is 2.08. The molecule has 0 aliphatic carbocycles. The SMILES string of the molecule is C1CCOC1.[MgH2]. The van der Waals surface area contributed by atoms with Gasteiger partial charge in [-0.3, -0.25) is 0 Å². The number of hydrogen-bond acceptors (Lipinski definition) is 1. The molecule has 0 unspecified atom stereocenters. The summed E-state index contributed by atoms with van der Waals surface area (Å²) in [5.41, 5.74) is 0. The lowest BCUT2D eigenvalue weighted by Crippen LogP contribution is -1.74. The Labute approximate surface area is 54.2 Å². The van der Waals surface area contributed by atoms with Gasteiger partial charge in [-0.05, 0) is 12.8 Å². The van der Waals surface area contributed by atoms with Crippen LogP contribution in [0.4, 0.5) is 0 Å². The monoisotopic (exact) mass is 98.1 g/mol. The summed E-state index contributed by atoms with van der Waals surface area (Å²) >= 11 is 0. The number of hydrogen-bond donors (Lipinski definition) is 0. The van der Waals surface area contributed by atoms with Crippen molar-refractivity contribution in [3.05, 3.63) is 0 Å². The minimum Gasteiger partial charge on any atom is -0.381 e. The molecule has 1 heterocycles. The van der Waals surface area contributed by atoms with Crippen LogP contribution in [0.1, 0.15) is 12.8 Å². The normalized spacial score (nSPS) is 20.0. The lowest BCUT2D eigenvalue weighted by molar-refractivity contribution is 0.198. The van der Waals surface area contributed by atoms with E-state index in [1.807, 2.05) is 0 Å². The molecule has 0 radical (unpaired) electrons. The Morgan fingerprint density at radius 3 is 1.67 bits per heavy atom. The maximum Gasteiger partial charge on any atom is 0.316 e. The van der Waals surface area contributed by atoms with E-state index in [0.29, 0.717) is 0 Å². The second-order valence-corrected chi connectivity index (χ2v) is 1.32. The molecule has 1 nitrogen and oxygen atoms in total. The van der Waals surface area contributed by atoms with E-state index >= 15 is 0 Å². The van der Waals surface area contributed by atoms with Crippen LogP contribution in [0.25, 0.3) is 0 Å². The molecule has 0 atom stereocenters. The molecule has 1 fully saturated rings. The second kappa shape index (κ2) is 3.90. The van der Waals surface area contributed by atoms with Gasteiger partial charge in [0.05, 0.1) is 0 Å². The Kier molecular flexibility index (Phi) is 4.37. The zero-order valence-electron chi connectivity index (χ0n) is 3.24. The van der Waals surface area contributed by atoms with Crippen LogP contribution in [0.2, 0.25) is 0 Å². The number of ether oxygens (including phenoxy) is 1. The molecule has 0 spiro atoms. The molecule has 1 rings (SSSR count). The van der Waals surface area contributed by atoms with E-state index in [0.717, 1.165) is 13.2 Å². The van der Waals surface area contributed by atoms with Gasteiger partial charge in [-0.2, -0.15) is 0 Å². The summed E-state index contributed by atoms with van der Waals surface area (Å²) in [7, 11) is 0. The summed E-state index contributed by atoms with van der Waals surface area (Å²) in [5, 5.41) is 0. The molecule has 1 saturated heterocycles. The van der Waals surface area contributed by atoms with Crippen LogP contribution in [-0.4, -0.2) is 36.3 Å². The van der Waals surface area contributed by atoms with Gasteiger partial charge in [0, 0.05) is 13.2 Å². The van der Waals surface area contributed by atoms with Crippen LogP contribution in [0.3, 0.4) is 0 Å². The first-order chi connectivity index (χ1) is 2.50. The highest BCUT2D eigenvalue weighted by Crippen LogP contribution is 1.98. The van der Waals surface area contributed by atoms with Gasteiger partial charge in [0.25, 0.3) is 0 Å². The van der Waals surface area contributed by atoms with Crippen molar-refractivity contribution in [2.24, 2.45) is 0 Å². The fourth-order valence-corrected chi connectivity index (χ4v) is 0.510. The molecule has 1 aliphatic heterocycles. The largest absolute Gasteiger partial charge is 0.381 e. The lowest BCUT2D eigenvalue weighted by atomic mass is 10.4. The Bertz CT molecular complexity index is 19.1. The van der Waals surface area contributed by atoms with E-state index in [2.05, 4.69) is 0 Å². The Balaban J connectivity index is 0.000000250. The minimum absolute atomic E-state index is 0. The Morgan fingerprint density at radius 2 is 1.50 bits per heavy atom. The molecular weight excluding hydrogens is 88.3 g/mol. The first-order valence-corrected chi connectivity index (χ1v) is 2.08. The highest BCUT2D eigenvalue weighted by atomic mass is 24.3. The number of rotatable bonds is 0. The molecular formula is C4H10MgO. The van der Waals surface area contributed by atoms with Crippen LogP contribution < -0.4 is 0 Å². The zero-order chi connectivity index (χ0) is 3.54. The van der Waals surface area contributed by atoms with Gasteiger partial charge in [0.2, 0.25) is 0 Å². The highest BCUT2D eigenvalue weighted by molar-refractivity contribution is 5.75. The topological polar surface area (TPSA) is 9.23 Å². The van der Waals surface area contributed by atoms with Crippen LogP contribution in [0, 0.1) is 0 Å². The standard InChI is InChI=1S/C4H8O.Mg.2H/c1-2-4-5-3-1;;;/h1-4H2;;;. The maximum absolute atomic E-state index is 4.94. The van der Waals surface area contributed by atoms with Gasteiger partial charge < -0.3 is 4.74 Å². The molecule has 1 aliphatic rings. The first kappa shape index (κ1) is 6.73. The Hall–Kier alpha value is 0.726. The molecule has 0 saturated carbocycles. The fourth-order valence-electron chi connectivity index (χ4n) is 0.510. The molecule has 0 aromatic carbocycles. The van der Waals surface area contributed by atoms with Crippen LogP contribution in [0.5, 0.6) is 0 Å². The van der Waals surface area contributed by atoms with Gasteiger partial charge in [0.15, 0.2) is 0 Å². The van der Waals surface area contributed by atoms with Gasteiger partial charge in [-0.25, -0.2) is 0 Å². The molecule has 6 heavy (non-hydrogen) atoms. The highest BCUT2D eigenvalue weighted by Gasteiger charge is 1.94. The average molecular weight is 98.4 g/mol. The summed E-state index contributed by atoms with van der Waals surface area (Å²) < 4.78 is 4.94.